The fourth-order valence-corrected chi connectivity index (χ4v) is 5.28. The van der Waals surface area contributed by atoms with Gasteiger partial charge in [-0.15, -0.1) is 27.8 Å². The normalized spacial score (nSPS) is 19.7. The van der Waals surface area contributed by atoms with Crippen LogP contribution in [0.15, 0.2) is 48.5 Å². The molecule has 1 aliphatic heterocycles. The minimum atomic E-state index is -3.17. The third kappa shape index (κ3) is 4.01. The van der Waals surface area contributed by atoms with Gasteiger partial charge in [0.15, 0.2) is 0 Å². The van der Waals surface area contributed by atoms with Crippen LogP contribution < -0.4 is 9.62 Å². The predicted molar refractivity (Wildman–Crippen MR) is 109 cm³/mol. The van der Waals surface area contributed by atoms with Crippen LogP contribution in [0.2, 0.25) is 0 Å². The molecule has 3 rings (SSSR count). The lowest BCUT2D eigenvalue weighted by molar-refractivity contribution is 0.453. The monoisotopic (exact) mass is 430 g/mol. The Kier molecular flexibility index (Phi) is 6.87. The van der Waals surface area contributed by atoms with Crippen LogP contribution in [0, 0.1) is 5.82 Å². The molecular formula is C18H24BrFN2O2S. The van der Waals surface area contributed by atoms with Crippen LogP contribution in [-0.2, 0) is 6.42 Å². The van der Waals surface area contributed by atoms with E-state index in [4.69, 9.17) is 0 Å². The van der Waals surface area contributed by atoms with Gasteiger partial charge in [-0.05, 0) is 56.6 Å². The minimum absolute atomic E-state index is 0. The maximum atomic E-state index is 14.4. The topological polar surface area (TPSA) is 55.7 Å². The summed E-state index contributed by atoms with van der Waals surface area (Å²) in [5, 5.41) is 2.76. The molecule has 7 heteroatoms. The number of anilines is 2. The molecule has 0 bridgehead atoms. The van der Waals surface area contributed by atoms with E-state index >= 15 is 0 Å². The smallest absolute Gasteiger partial charge is 0.148 e. The molecule has 2 aromatic rings. The molecule has 1 atom stereocenters. The van der Waals surface area contributed by atoms with Crippen molar-refractivity contribution in [1.29, 1.82) is 0 Å². The Morgan fingerprint density at radius 3 is 2.44 bits per heavy atom. The van der Waals surface area contributed by atoms with Crippen LogP contribution in [0.5, 0.6) is 0 Å². The lowest BCUT2D eigenvalue weighted by Gasteiger charge is -2.53. The summed E-state index contributed by atoms with van der Waals surface area (Å²) in [7, 11) is -1.29. The van der Waals surface area contributed by atoms with Crippen molar-refractivity contribution in [3.63, 3.8) is 0 Å². The first-order chi connectivity index (χ1) is 11.6. The molecule has 0 amide bonds. The van der Waals surface area contributed by atoms with Gasteiger partial charge in [-0.1, -0.05) is 30.3 Å². The van der Waals surface area contributed by atoms with Gasteiger partial charge in [0.2, 0.25) is 0 Å². The van der Waals surface area contributed by atoms with Gasteiger partial charge in [0.05, 0.1) is 16.6 Å². The van der Waals surface area contributed by atoms with Crippen LogP contribution in [0.3, 0.4) is 0 Å². The van der Waals surface area contributed by atoms with E-state index in [1.165, 1.54) is 10.4 Å². The zero-order valence-corrected chi connectivity index (χ0v) is 16.6. The van der Waals surface area contributed by atoms with Crippen molar-refractivity contribution in [2.45, 2.75) is 24.5 Å². The minimum Gasteiger partial charge on any atom is -0.320 e. The molecule has 0 saturated heterocycles. The van der Waals surface area contributed by atoms with Crippen molar-refractivity contribution >= 4 is 39.1 Å². The SMILES string of the molecule is Br.CNCCCC1Cc2ccccc2N(c2ccccc2F)S1(O)O. The molecule has 1 heterocycles. The van der Waals surface area contributed by atoms with E-state index in [9.17, 15) is 13.5 Å². The highest BCUT2D eigenvalue weighted by molar-refractivity contribution is 8.93. The van der Waals surface area contributed by atoms with Crippen molar-refractivity contribution < 1.29 is 13.5 Å². The van der Waals surface area contributed by atoms with Crippen molar-refractivity contribution in [3.8, 4) is 0 Å². The van der Waals surface area contributed by atoms with Crippen LogP contribution in [0.4, 0.5) is 15.8 Å². The fraction of sp³-hybridized carbons (Fsp3) is 0.333. The number of halogens is 2. The Morgan fingerprint density at radius 2 is 1.76 bits per heavy atom. The number of hydrogen-bond donors (Lipinski definition) is 3. The molecular weight excluding hydrogens is 407 g/mol. The van der Waals surface area contributed by atoms with Gasteiger partial charge in [-0.2, -0.15) is 0 Å². The van der Waals surface area contributed by atoms with Crippen LogP contribution in [0.1, 0.15) is 18.4 Å². The second-order valence-electron chi connectivity index (χ2n) is 6.01. The van der Waals surface area contributed by atoms with Crippen LogP contribution in [0.25, 0.3) is 0 Å². The van der Waals surface area contributed by atoms with E-state index in [-0.39, 0.29) is 27.9 Å². The highest BCUT2D eigenvalue weighted by Crippen LogP contribution is 2.60. The van der Waals surface area contributed by atoms with Crippen molar-refractivity contribution in [2.24, 2.45) is 0 Å². The molecule has 25 heavy (non-hydrogen) atoms. The lowest BCUT2D eigenvalue weighted by Crippen LogP contribution is -2.38. The van der Waals surface area contributed by atoms with E-state index in [1.54, 1.807) is 18.2 Å². The Hall–Kier alpha value is -1.12. The van der Waals surface area contributed by atoms with E-state index in [0.717, 1.165) is 18.5 Å². The zero-order chi connectivity index (χ0) is 17.2. The standard InChI is InChI=1S/C18H23FN2O2S.BrH/c1-20-12-6-8-15-13-14-7-2-4-10-17(14)21(24(15,22)23)18-11-5-3-9-16(18)19;/h2-5,7,9-11,15,20,22-23H,6,8,12-13H2,1H3;1H. The number of nitrogens with zero attached hydrogens (tertiary/aromatic N) is 1. The molecule has 1 unspecified atom stereocenters. The van der Waals surface area contributed by atoms with Crippen LogP contribution in [-0.4, -0.2) is 27.9 Å². The third-order valence-corrected chi connectivity index (χ3v) is 6.63. The van der Waals surface area contributed by atoms with Gasteiger partial charge in [0, 0.05) is 0 Å². The van der Waals surface area contributed by atoms with Gasteiger partial charge in [0.1, 0.15) is 5.82 Å². The molecule has 0 spiro atoms. The van der Waals surface area contributed by atoms with E-state index in [0.29, 0.717) is 18.5 Å². The first-order valence-corrected chi connectivity index (χ1v) is 9.66. The van der Waals surface area contributed by atoms with Crippen LogP contribution >= 0.6 is 27.8 Å². The first kappa shape index (κ1) is 20.2. The summed E-state index contributed by atoms with van der Waals surface area (Å²) < 4.78 is 37.8. The summed E-state index contributed by atoms with van der Waals surface area (Å²) in [6.45, 7) is 0.813. The third-order valence-electron chi connectivity index (χ3n) is 4.40. The Balaban J connectivity index is 0.00000225. The molecule has 1 aliphatic rings. The van der Waals surface area contributed by atoms with E-state index in [2.05, 4.69) is 5.32 Å². The highest BCUT2D eigenvalue weighted by Gasteiger charge is 2.39. The number of hydrogen-bond acceptors (Lipinski definition) is 4. The molecule has 0 saturated carbocycles. The maximum Gasteiger partial charge on any atom is 0.148 e. The number of benzene rings is 2. The van der Waals surface area contributed by atoms with Gasteiger partial charge in [-0.25, -0.2) is 8.70 Å². The predicted octanol–water partition coefficient (Wildman–Crippen LogP) is 5.13. The Bertz CT molecular complexity index is 717. The fourth-order valence-electron chi connectivity index (χ4n) is 3.19. The number of fused-ring (bicyclic) bond motifs is 1. The van der Waals surface area contributed by atoms with Gasteiger partial charge < -0.3 is 5.32 Å². The summed E-state index contributed by atoms with van der Waals surface area (Å²) in [6, 6.07) is 13.8. The summed E-state index contributed by atoms with van der Waals surface area (Å²) in [6.07, 6.45) is 2.10. The van der Waals surface area contributed by atoms with Crippen molar-refractivity contribution in [3.05, 3.63) is 59.9 Å². The molecule has 2 aromatic carbocycles. The average Bonchev–Trinajstić information content (AvgIpc) is 2.56. The first-order valence-electron chi connectivity index (χ1n) is 8.10. The molecule has 0 radical (unpaired) electrons. The average molecular weight is 431 g/mol. The number of para-hydroxylation sites is 2. The number of nitrogens with one attached hydrogen (secondary N) is 1. The summed E-state index contributed by atoms with van der Waals surface area (Å²) in [5.74, 6) is -0.455. The second-order valence-corrected chi connectivity index (χ2v) is 8.16. The van der Waals surface area contributed by atoms with E-state index < -0.39 is 16.6 Å². The van der Waals surface area contributed by atoms with Gasteiger partial charge in [0.25, 0.3) is 0 Å². The molecule has 3 N–H and O–H groups in total. The largest absolute Gasteiger partial charge is 0.320 e. The highest BCUT2D eigenvalue weighted by atomic mass is 79.9. The summed E-state index contributed by atoms with van der Waals surface area (Å²) in [5.41, 5.74) is 1.90. The number of rotatable bonds is 5. The molecule has 4 nitrogen and oxygen atoms in total. The zero-order valence-electron chi connectivity index (χ0n) is 14.1. The Morgan fingerprint density at radius 1 is 1.12 bits per heavy atom. The van der Waals surface area contributed by atoms with E-state index in [1.807, 2.05) is 31.3 Å². The lowest BCUT2D eigenvalue weighted by atomic mass is 10.0. The Labute approximate surface area is 160 Å². The molecule has 0 aromatic heterocycles. The van der Waals surface area contributed by atoms with Crippen molar-refractivity contribution in [1.82, 2.24) is 5.32 Å². The molecule has 138 valence electrons. The maximum absolute atomic E-state index is 14.4. The molecule has 0 aliphatic carbocycles. The summed E-state index contributed by atoms with van der Waals surface area (Å²) in [4.78, 5) is 0. The second kappa shape index (κ2) is 8.51. The molecule has 0 fully saturated rings. The van der Waals surface area contributed by atoms with Crippen molar-refractivity contribution in [2.75, 3.05) is 17.9 Å². The van der Waals surface area contributed by atoms with Gasteiger partial charge in [-0.3, -0.25) is 9.11 Å². The quantitative estimate of drug-likeness (QED) is 0.575. The van der Waals surface area contributed by atoms with Gasteiger partial charge >= 0.3 is 0 Å². The summed E-state index contributed by atoms with van der Waals surface area (Å²) >= 11 is 0.